The Labute approximate surface area is 133 Å². The Morgan fingerprint density at radius 1 is 1.29 bits per heavy atom. The van der Waals surface area contributed by atoms with Crippen molar-refractivity contribution >= 4 is 18.4 Å². The zero-order chi connectivity index (χ0) is 14.4. The molecule has 116 valence electrons. The van der Waals surface area contributed by atoms with Crippen molar-refractivity contribution in [1.82, 2.24) is 4.90 Å². The summed E-state index contributed by atoms with van der Waals surface area (Å²) in [5, 5.41) is 0. The Hall–Kier alpha value is -1.32. The molecule has 3 nitrogen and oxygen atoms in total. The van der Waals surface area contributed by atoms with Gasteiger partial charge in [0.2, 0.25) is 0 Å². The maximum absolute atomic E-state index is 12.3. The van der Waals surface area contributed by atoms with Crippen LogP contribution in [-0.4, -0.2) is 38.1 Å². The first-order valence-corrected chi connectivity index (χ1v) is 7.21. The van der Waals surface area contributed by atoms with Crippen molar-refractivity contribution in [2.75, 3.05) is 27.2 Å². The van der Waals surface area contributed by atoms with Gasteiger partial charge in [-0.1, -0.05) is 42.5 Å². The van der Waals surface area contributed by atoms with E-state index in [9.17, 15) is 4.79 Å². The number of hydrogen-bond acceptors (Lipinski definition) is 3. The first-order valence-electron chi connectivity index (χ1n) is 7.21. The zero-order valence-corrected chi connectivity index (χ0v) is 13.5. The lowest BCUT2D eigenvalue weighted by Crippen LogP contribution is -2.27. The number of allylic oxidation sites excluding steroid dienone is 1. The number of likely N-dealkylation sites (N-methyl/N-ethyl adjacent to an activating group) is 1. The third kappa shape index (κ3) is 5.18. The minimum absolute atomic E-state index is 0. The highest BCUT2D eigenvalue weighted by Gasteiger charge is 2.30. The van der Waals surface area contributed by atoms with E-state index < -0.39 is 0 Å². The molecule has 1 aromatic carbocycles. The molecule has 0 heterocycles. The number of esters is 1. The van der Waals surface area contributed by atoms with Gasteiger partial charge in [-0.3, -0.25) is 4.79 Å². The van der Waals surface area contributed by atoms with Crippen molar-refractivity contribution in [2.45, 2.75) is 18.8 Å². The molecular formula is C17H24ClNO2. The Balaban J connectivity index is 0.00000220. The monoisotopic (exact) mass is 309 g/mol. The van der Waals surface area contributed by atoms with Crippen LogP contribution in [0, 0.1) is 5.92 Å². The van der Waals surface area contributed by atoms with Crippen LogP contribution in [0.25, 0.3) is 0 Å². The van der Waals surface area contributed by atoms with Crippen LogP contribution in [-0.2, 0) is 9.53 Å². The molecule has 2 unspecified atom stereocenters. The van der Waals surface area contributed by atoms with Crippen molar-refractivity contribution in [2.24, 2.45) is 5.92 Å². The van der Waals surface area contributed by atoms with Crippen molar-refractivity contribution in [1.29, 1.82) is 0 Å². The van der Waals surface area contributed by atoms with Gasteiger partial charge in [-0.05, 0) is 32.5 Å². The molecular weight excluding hydrogens is 286 g/mol. The average molecular weight is 310 g/mol. The van der Waals surface area contributed by atoms with Crippen LogP contribution >= 0.6 is 12.4 Å². The summed E-state index contributed by atoms with van der Waals surface area (Å²) in [6.45, 7) is 1.22. The number of rotatable bonds is 5. The number of halogens is 1. The molecule has 0 saturated heterocycles. The SMILES string of the molecule is CN(C)CCOC(=O)C1C=CCCC1c1ccccc1.Cl. The largest absolute Gasteiger partial charge is 0.464 e. The van der Waals surface area contributed by atoms with Crippen LogP contribution in [0.1, 0.15) is 24.3 Å². The van der Waals surface area contributed by atoms with Gasteiger partial charge < -0.3 is 9.64 Å². The molecule has 1 aliphatic rings. The average Bonchev–Trinajstić information content (AvgIpc) is 2.47. The molecule has 1 aliphatic carbocycles. The van der Waals surface area contributed by atoms with E-state index in [1.807, 2.05) is 43.3 Å². The summed E-state index contributed by atoms with van der Waals surface area (Å²) in [5.74, 6) is -0.00183. The van der Waals surface area contributed by atoms with Crippen molar-refractivity contribution in [3.63, 3.8) is 0 Å². The molecule has 0 aromatic heterocycles. The van der Waals surface area contributed by atoms with Crippen LogP contribution in [0.15, 0.2) is 42.5 Å². The van der Waals surface area contributed by atoms with Gasteiger partial charge in [0, 0.05) is 12.5 Å². The normalized spacial score (nSPS) is 20.9. The lowest BCUT2D eigenvalue weighted by Gasteiger charge is -2.26. The molecule has 0 aliphatic heterocycles. The highest BCUT2D eigenvalue weighted by atomic mass is 35.5. The Kier molecular flexibility index (Phi) is 7.48. The van der Waals surface area contributed by atoms with E-state index >= 15 is 0 Å². The lowest BCUT2D eigenvalue weighted by atomic mass is 9.79. The minimum Gasteiger partial charge on any atom is -0.464 e. The highest BCUT2D eigenvalue weighted by Crippen LogP contribution is 2.34. The summed E-state index contributed by atoms with van der Waals surface area (Å²) < 4.78 is 5.41. The van der Waals surface area contributed by atoms with Gasteiger partial charge in [-0.2, -0.15) is 0 Å². The summed E-state index contributed by atoms with van der Waals surface area (Å²) in [6, 6.07) is 10.3. The molecule has 2 atom stereocenters. The number of nitrogens with zero attached hydrogens (tertiary/aromatic N) is 1. The number of ether oxygens (including phenoxy) is 1. The molecule has 0 radical (unpaired) electrons. The van der Waals surface area contributed by atoms with E-state index in [0.29, 0.717) is 6.61 Å². The van der Waals surface area contributed by atoms with Gasteiger partial charge >= 0.3 is 5.97 Å². The fourth-order valence-corrected chi connectivity index (χ4v) is 2.57. The Morgan fingerprint density at radius 2 is 2.00 bits per heavy atom. The third-order valence-electron chi connectivity index (χ3n) is 3.70. The van der Waals surface area contributed by atoms with Crippen LogP contribution in [0.5, 0.6) is 0 Å². The maximum Gasteiger partial charge on any atom is 0.313 e. The number of carbonyl (C=O) groups is 1. The summed E-state index contributed by atoms with van der Waals surface area (Å²) >= 11 is 0. The molecule has 0 bridgehead atoms. The summed E-state index contributed by atoms with van der Waals surface area (Å²) in [5.41, 5.74) is 1.23. The van der Waals surface area contributed by atoms with E-state index in [1.54, 1.807) is 0 Å². The van der Waals surface area contributed by atoms with E-state index in [0.717, 1.165) is 19.4 Å². The van der Waals surface area contributed by atoms with Gasteiger partial charge in [0.1, 0.15) is 6.61 Å². The molecule has 0 saturated carbocycles. The first kappa shape index (κ1) is 17.7. The molecule has 4 heteroatoms. The summed E-state index contributed by atoms with van der Waals surface area (Å²) in [4.78, 5) is 14.3. The second-order valence-electron chi connectivity index (χ2n) is 5.52. The standard InChI is InChI=1S/C17H23NO2.ClH/c1-18(2)12-13-20-17(19)16-11-7-6-10-15(16)14-8-4-3-5-9-14;/h3-5,7-9,11,15-16H,6,10,12-13H2,1-2H3;1H. The predicted molar refractivity (Wildman–Crippen MR) is 87.8 cm³/mol. The fraction of sp³-hybridized carbons (Fsp3) is 0.471. The summed E-state index contributed by atoms with van der Waals surface area (Å²) in [7, 11) is 3.95. The number of carbonyl (C=O) groups excluding carboxylic acids is 1. The molecule has 2 rings (SSSR count). The van der Waals surface area contributed by atoms with E-state index in [2.05, 4.69) is 18.2 Å². The van der Waals surface area contributed by atoms with Crippen LogP contribution in [0.3, 0.4) is 0 Å². The first-order chi connectivity index (χ1) is 9.68. The van der Waals surface area contributed by atoms with Crippen molar-refractivity contribution < 1.29 is 9.53 Å². The summed E-state index contributed by atoms with van der Waals surface area (Å²) in [6.07, 6.45) is 6.14. The molecule has 1 aromatic rings. The Morgan fingerprint density at radius 3 is 2.67 bits per heavy atom. The van der Waals surface area contributed by atoms with Gasteiger partial charge in [0.25, 0.3) is 0 Å². The fourth-order valence-electron chi connectivity index (χ4n) is 2.57. The van der Waals surface area contributed by atoms with Crippen LogP contribution in [0.4, 0.5) is 0 Å². The van der Waals surface area contributed by atoms with Crippen molar-refractivity contribution in [3.8, 4) is 0 Å². The molecule has 21 heavy (non-hydrogen) atoms. The lowest BCUT2D eigenvalue weighted by molar-refractivity contribution is -0.148. The maximum atomic E-state index is 12.3. The van der Waals surface area contributed by atoms with E-state index in [4.69, 9.17) is 4.74 Å². The van der Waals surface area contributed by atoms with Crippen LogP contribution < -0.4 is 0 Å². The van der Waals surface area contributed by atoms with Gasteiger partial charge in [0.05, 0.1) is 5.92 Å². The molecule has 0 amide bonds. The second kappa shape index (κ2) is 8.85. The van der Waals surface area contributed by atoms with Gasteiger partial charge in [-0.15, -0.1) is 12.4 Å². The third-order valence-corrected chi connectivity index (χ3v) is 3.70. The molecule has 0 N–H and O–H groups in total. The van der Waals surface area contributed by atoms with Gasteiger partial charge in [-0.25, -0.2) is 0 Å². The Bertz CT molecular complexity index is 459. The molecule has 0 fully saturated rings. The number of benzene rings is 1. The second-order valence-corrected chi connectivity index (χ2v) is 5.52. The van der Waals surface area contributed by atoms with E-state index in [1.165, 1.54) is 5.56 Å². The van der Waals surface area contributed by atoms with Gasteiger partial charge in [0.15, 0.2) is 0 Å². The van der Waals surface area contributed by atoms with Crippen molar-refractivity contribution in [3.05, 3.63) is 48.0 Å². The van der Waals surface area contributed by atoms with E-state index in [-0.39, 0.29) is 30.2 Å². The highest BCUT2D eigenvalue weighted by molar-refractivity contribution is 5.85. The predicted octanol–water partition coefficient (Wildman–Crippen LogP) is 3.26. The smallest absolute Gasteiger partial charge is 0.313 e. The minimum atomic E-state index is -0.145. The quantitative estimate of drug-likeness (QED) is 0.617. The number of hydrogen-bond donors (Lipinski definition) is 0. The van der Waals surface area contributed by atoms with Crippen LogP contribution in [0.2, 0.25) is 0 Å². The zero-order valence-electron chi connectivity index (χ0n) is 12.7. The topological polar surface area (TPSA) is 29.5 Å². The molecule has 0 spiro atoms.